The van der Waals surface area contributed by atoms with Gasteiger partial charge in [0.25, 0.3) is 0 Å². The largest absolute Gasteiger partial charge is 0.379 e. The predicted molar refractivity (Wildman–Crippen MR) is 98.9 cm³/mol. The predicted octanol–water partition coefficient (Wildman–Crippen LogP) is 2.52. The molecule has 2 aliphatic rings. The molecule has 7 heteroatoms. The normalized spacial score (nSPS) is 20.5. The summed E-state index contributed by atoms with van der Waals surface area (Å²) in [5, 5.41) is 7.06. The van der Waals surface area contributed by atoms with E-state index in [-0.39, 0.29) is 24.2 Å². The molecule has 0 aliphatic carbocycles. The van der Waals surface area contributed by atoms with Gasteiger partial charge in [-0.2, -0.15) is 0 Å². The molecule has 2 aliphatic heterocycles. The highest BCUT2D eigenvalue weighted by Crippen LogP contribution is 2.32. The fourth-order valence-electron chi connectivity index (χ4n) is 2.89. The number of carbonyl (C=O) groups is 1. The van der Waals surface area contributed by atoms with Crippen molar-refractivity contribution in [2.24, 2.45) is 10.9 Å². The second-order valence-corrected chi connectivity index (χ2v) is 7.03. The topological polar surface area (TPSA) is 62.7 Å². The summed E-state index contributed by atoms with van der Waals surface area (Å²) in [7, 11) is 0. The monoisotopic (exact) mass is 371 g/mol. The van der Waals surface area contributed by atoms with Gasteiger partial charge in [0.15, 0.2) is 0 Å². The van der Waals surface area contributed by atoms with Gasteiger partial charge < -0.3 is 15.4 Å². The van der Waals surface area contributed by atoms with Crippen LogP contribution in [0.3, 0.4) is 0 Å². The molecule has 1 saturated heterocycles. The minimum Gasteiger partial charge on any atom is -0.379 e. The molecule has 0 spiro atoms. The molecule has 1 aromatic rings. The minimum atomic E-state index is -0.505. The molecule has 1 fully saturated rings. The first-order chi connectivity index (χ1) is 11.0. The summed E-state index contributed by atoms with van der Waals surface area (Å²) in [6, 6.07) is 5.70. The van der Waals surface area contributed by atoms with Gasteiger partial charge in [0.05, 0.1) is 30.4 Å². The van der Waals surface area contributed by atoms with Gasteiger partial charge in [0, 0.05) is 30.2 Å². The Hall–Kier alpha value is -1.14. The second-order valence-electron chi connectivity index (χ2n) is 6.60. The molecule has 132 valence electrons. The Balaban J connectivity index is 0.00000208. The first-order valence-electron chi connectivity index (χ1n) is 7.93. The van der Waals surface area contributed by atoms with Crippen LogP contribution in [0.5, 0.6) is 0 Å². The Kier molecular flexibility index (Phi) is 6.26. The quantitative estimate of drug-likeness (QED) is 0.857. The number of amides is 1. The zero-order valence-corrected chi connectivity index (χ0v) is 15.5. The van der Waals surface area contributed by atoms with E-state index in [9.17, 15) is 4.79 Å². The van der Waals surface area contributed by atoms with Crippen LogP contribution in [-0.4, -0.2) is 43.5 Å². The number of hydrogen-bond acceptors (Lipinski definition) is 4. The highest BCUT2D eigenvalue weighted by atomic mass is 35.5. The third-order valence-corrected chi connectivity index (χ3v) is 4.55. The maximum absolute atomic E-state index is 12.5. The van der Waals surface area contributed by atoms with Crippen molar-refractivity contribution in [3.8, 4) is 0 Å². The third kappa shape index (κ3) is 4.28. The molecule has 1 amide bonds. The van der Waals surface area contributed by atoms with Crippen LogP contribution in [0, 0.1) is 5.92 Å². The molecular formula is C17H23Cl2N3O2. The van der Waals surface area contributed by atoms with Gasteiger partial charge in [0.2, 0.25) is 5.91 Å². The molecule has 2 N–H and O–H groups in total. The number of halogens is 2. The lowest BCUT2D eigenvalue weighted by molar-refractivity contribution is -0.127. The molecule has 2 heterocycles. The summed E-state index contributed by atoms with van der Waals surface area (Å²) in [4.78, 5) is 17.2. The van der Waals surface area contributed by atoms with E-state index in [1.165, 1.54) is 0 Å². The van der Waals surface area contributed by atoms with Gasteiger partial charge in [-0.1, -0.05) is 11.6 Å². The molecule has 5 nitrogen and oxygen atoms in total. The van der Waals surface area contributed by atoms with Crippen molar-refractivity contribution in [2.75, 3.05) is 26.3 Å². The van der Waals surface area contributed by atoms with Crippen molar-refractivity contribution in [3.63, 3.8) is 0 Å². The third-order valence-electron chi connectivity index (χ3n) is 4.32. The number of carbonyl (C=O) groups excluding carboxylic acids is 1. The highest BCUT2D eigenvalue weighted by molar-refractivity contribution is 6.30. The number of benzene rings is 1. The minimum absolute atomic E-state index is 0. The molecule has 0 saturated carbocycles. The standard InChI is InChI=1S/C17H22ClN3O2.ClH/c1-17(2,21-16(22)12-9-19-5-6-23-10-12)15-8-11-7-13(18)3-4-14(11)20-15;/h3-4,7,12,19H,5-6,8-10H2,1-2H3,(H,21,22);1H. The Labute approximate surface area is 153 Å². The summed E-state index contributed by atoms with van der Waals surface area (Å²) in [5.74, 6) is -0.170. The molecule has 1 aromatic carbocycles. The highest BCUT2D eigenvalue weighted by Gasteiger charge is 2.33. The summed E-state index contributed by atoms with van der Waals surface area (Å²) in [6.07, 6.45) is 0.711. The molecular weight excluding hydrogens is 349 g/mol. The molecule has 24 heavy (non-hydrogen) atoms. The number of ether oxygens (including phenoxy) is 1. The Morgan fingerprint density at radius 1 is 1.46 bits per heavy atom. The zero-order chi connectivity index (χ0) is 16.4. The summed E-state index contributed by atoms with van der Waals surface area (Å²) in [5.41, 5.74) is 2.49. The van der Waals surface area contributed by atoms with Crippen LogP contribution in [0.25, 0.3) is 0 Å². The lowest BCUT2D eigenvalue weighted by atomic mass is 9.93. The first-order valence-corrected chi connectivity index (χ1v) is 8.30. The van der Waals surface area contributed by atoms with Crippen molar-refractivity contribution in [3.05, 3.63) is 28.8 Å². The Morgan fingerprint density at radius 3 is 3.04 bits per heavy atom. The van der Waals surface area contributed by atoms with Gasteiger partial charge in [-0.15, -0.1) is 12.4 Å². The molecule has 3 rings (SSSR count). The average molecular weight is 372 g/mol. The van der Waals surface area contributed by atoms with E-state index in [0.29, 0.717) is 31.2 Å². The van der Waals surface area contributed by atoms with Crippen molar-refractivity contribution >= 4 is 41.3 Å². The second kappa shape index (κ2) is 7.83. The van der Waals surface area contributed by atoms with Crippen LogP contribution in [0.15, 0.2) is 23.2 Å². The summed E-state index contributed by atoms with van der Waals surface area (Å²) in [6.45, 7) is 6.51. The van der Waals surface area contributed by atoms with E-state index >= 15 is 0 Å². The fourth-order valence-corrected chi connectivity index (χ4v) is 3.08. The average Bonchev–Trinajstić information content (AvgIpc) is 2.74. The van der Waals surface area contributed by atoms with Gasteiger partial charge in [-0.25, -0.2) is 0 Å². The van der Waals surface area contributed by atoms with E-state index in [1.54, 1.807) is 0 Å². The fraction of sp³-hybridized carbons (Fsp3) is 0.529. The van der Waals surface area contributed by atoms with Crippen molar-refractivity contribution in [1.82, 2.24) is 10.6 Å². The van der Waals surface area contributed by atoms with Crippen LogP contribution in [-0.2, 0) is 16.0 Å². The van der Waals surface area contributed by atoms with Crippen LogP contribution in [0.4, 0.5) is 5.69 Å². The number of aliphatic imine (C=N–C) groups is 1. The summed E-state index contributed by atoms with van der Waals surface area (Å²) >= 11 is 6.05. The first kappa shape index (κ1) is 19.2. The molecule has 0 bridgehead atoms. The lowest BCUT2D eigenvalue weighted by Gasteiger charge is -2.28. The van der Waals surface area contributed by atoms with Crippen molar-refractivity contribution in [2.45, 2.75) is 25.8 Å². The number of rotatable bonds is 3. The maximum Gasteiger partial charge on any atom is 0.227 e. The number of nitrogens with zero attached hydrogens (tertiary/aromatic N) is 1. The molecule has 1 unspecified atom stereocenters. The van der Waals surface area contributed by atoms with Crippen LogP contribution < -0.4 is 10.6 Å². The van der Waals surface area contributed by atoms with E-state index in [2.05, 4.69) is 15.6 Å². The van der Waals surface area contributed by atoms with E-state index in [1.807, 2.05) is 32.0 Å². The van der Waals surface area contributed by atoms with Gasteiger partial charge in [-0.05, 0) is 37.6 Å². The SMILES string of the molecule is CC(C)(NC(=O)C1CNCCOC1)C1=Nc2ccc(Cl)cc2C1.Cl. The van der Waals surface area contributed by atoms with Gasteiger partial charge >= 0.3 is 0 Å². The number of hydrogen-bond donors (Lipinski definition) is 2. The van der Waals surface area contributed by atoms with Gasteiger partial charge in [-0.3, -0.25) is 9.79 Å². The summed E-state index contributed by atoms with van der Waals surface area (Å²) < 4.78 is 5.46. The number of fused-ring (bicyclic) bond motifs is 1. The van der Waals surface area contributed by atoms with E-state index in [4.69, 9.17) is 16.3 Å². The van der Waals surface area contributed by atoms with Crippen LogP contribution >= 0.6 is 24.0 Å². The zero-order valence-electron chi connectivity index (χ0n) is 13.9. The van der Waals surface area contributed by atoms with Crippen molar-refractivity contribution < 1.29 is 9.53 Å². The molecule has 1 atom stereocenters. The Morgan fingerprint density at radius 2 is 2.25 bits per heavy atom. The maximum atomic E-state index is 12.5. The molecule has 0 aromatic heterocycles. The van der Waals surface area contributed by atoms with Crippen molar-refractivity contribution in [1.29, 1.82) is 0 Å². The lowest BCUT2D eigenvalue weighted by Crippen LogP contribution is -2.53. The molecule has 0 radical (unpaired) electrons. The van der Waals surface area contributed by atoms with E-state index in [0.717, 1.165) is 23.5 Å². The smallest absolute Gasteiger partial charge is 0.227 e. The van der Waals surface area contributed by atoms with Crippen LogP contribution in [0.2, 0.25) is 5.02 Å². The van der Waals surface area contributed by atoms with E-state index < -0.39 is 5.54 Å². The number of nitrogens with one attached hydrogen (secondary N) is 2. The van der Waals surface area contributed by atoms with Crippen LogP contribution in [0.1, 0.15) is 19.4 Å². The Bertz CT molecular complexity index is 639. The van der Waals surface area contributed by atoms with Gasteiger partial charge in [0.1, 0.15) is 0 Å².